The van der Waals surface area contributed by atoms with Gasteiger partial charge in [-0.05, 0) is 31.9 Å². The van der Waals surface area contributed by atoms with Crippen molar-refractivity contribution in [3.05, 3.63) is 29.3 Å². The number of ether oxygens (including phenoxy) is 1. The van der Waals surface area contributed by atoms with Crippen LogP contribution in [-0.2, 0) is 5.60 Å². The summed E-state index contributed by atoms with van der Waals surface area (Å²) in [5.41, 5.74) is -1.13. The summed E-state index contributed by atoms with van der Waals surface area (Å²) >= 11 is 0. The molecule has 0 radical (unpaired) electrons. The molecule has 2 rings (SSSR count). The lowest BCUT2D eigenvalue weighted by atomic mass is 10.1. The Labute approximate surface area is 86.5 Å². The molecule has 1 saturated carbocycles. The molecule has 1 aliphatic carbocycles. The summed E-state index contributed by atoms with van der Waals surface area (Å²) in [6.07, 6.45) is 0.967. The minimum atomic E-state index is -1.16. The highest BCUT2D eigenvalue weighted by Crippen LogP contribution is 2.47. The Hall–Kier alpha value is -1.16. The van der Waals surface area contributed by atoms with Crippen molar-refractivity contribution >= 4 is 0 Å². The molecule has 0 bridgehead atoms. The number of aliphatic hydroxyl groups is 1. The normalized spacial score (nSPS) is 17.6. The highest BCUT2D eigenvalue weighted by Gasteiger charge is 2.45. The fourth-order valence-corrected chi connectivity index (χ4v) is 1.55. The van der Waals surface area contributed by atoms with Crippen LogP contribution in [0.1, 0.15) is 25.3 Å². The Bertz CT molecular complexity index is 386. The maximum atomic E-state index is 13.5. The lowest BCUT2D eigenvalue weighted by Crippen LogP contribution is -2.09. The summed E-state index contributed by atoms with van der Waals surface area (Å²) in [7, 11) is 0. The highest BCUT2D eigenvalue weighted by molar-refractivity contribution is 5.36. The second kappa shape index (κ2) is 3.45. The van der Waals surface area contributed by atoms with Crippen molar-refractivity contribution in [2.24, 2.45) is 0 Å². The Kier molecular flexibility index (Phi) is 2.38. The van der Waals surface area contributed by atoms with E-state index in [4.69, 9.17) is 4.74 Å². The molecule has 0 spiro atoms. The Morgan fingerprint density at radius 1 is 1.33 bits per heavy atom. The first-order valence-corrected chi connectivity index (χ1v) is 4.92. The summed E-state index contributed by atoms with van der Waals surface area (Å²) < 4.78 is 31.8. The minimum absolute atomic E-state index is 0.0310. The molecule has 0 unspecified atom stereocenters. The molecule has 1 aromatic rings. The summed E-state index contributed by atoms with van der Waals surface area (Å²) in [5.74, 6) is -2.13. The predicted molar refractivity (Wildman–Crippen MR) is 50.7 cm³/mol. The summed E-state index contributed by atoms with van der Waals surface area (Å²) in [6.45, 7) is 1.97. The fraction of sp³-hybridized carbons (Fsp3) is 0.455. The van der Waals surface area contributed by atoms with E-state index in [1.165, 1.54) is 12.1 Å². The van der Waals surface area contributed by atoms with Crippen molar-refractivity contribution in [3.8, 4) is 5.75 Å². The van der Waals surface area contributed by atoms with E-state index in [9.17, 15) is 13.9 Å². The Morgan fingerprint density at radius 3 is 2.53 bits per heavy atom. The zero-order valence-corrected chi connectivity index (χ0v) is 8.39. The number of benzene rings is 1. The third kappa shape index (κ3) is 1.69. The van der Waals surface area contributed by atoms with Gasteiger partial charge in [-0.25, -0.2) is 4.39 Å². The lowest BCUT2D eigenvalue weighted by Gasteiger charge is -2.12. The smallest absolute Gasteiger partial charge is 0.200 e. The molecular weight excluding hydrogens is 202 g/mol. The van der Waals surface area contributed by atoms with Crippen molar-refractivity contribution < 1.29 is 18.6 Å². The van der Waals surface area contributed by atoms with Crippen LogP contribution in [0.3, 0.4) is 0 Å². The quantitative estimate of drug-likeness (QED) is 0.836. The Balaban J connectivity index is 2.40. The van der Waals surface area contributed by atoms with Crippen molar-refractivity contribution in [1.82, 2.24) is 0 Å². The highest BCUT2D eigenvalue weighted by atomic mass is 19.2. The van der Waals surface area contributed by atoms with Gasteiger partial charge in [-0.2, -0.15) is 4.39 Å². The summed E-state index contributed by atoms with van der Waals surface area (Å²) in [6, 6.07) is 2.74. The number of hydrogen-bond acceptors (Lipinski definition) is 2. The third-order valence-electron chi connectivity index (χ3n) is 2.57. The summed E-state index contributed by atoms with van der Waals surface area (Å²) in [5, 5.41) is 9.68. The average Bonchev–Trinajstić information content (AvgIpc) is 2.93. The maximum Gasteiger partial charge on any atom is 0.200 e. The Morgan fingerprint density at radius 2 is 2.00 bits per heavy atom. The fourth-order valence-electron chi connectivity index (χ4n) is 1.55. The van der Waals surface area contributed by atoms with Gasteiger partial charge in [0, 0.05) is 5.56 Å². The molecule has 82 valence electrons. The van der Waals surface area contributed by atoms with Gasteiger partial charge in [0.05, 0.1) is 12.2 Å². The van der Waals surface area contributed by atoms with Gasteiger partial charge in [0.2, 0.25) is 5.82 Å². The average molecular weight is 214 g/mol. The van der Waals surface area contributed by atoms with E-state index in [2.05, 4.69) is 0 Å². The van der Waals surface area contributed by atoms with E-state index >= 15 is 0 Å². The van der Waals surface area contributed by atoms with E-state index in [0.29, 0.717) is 12.8 Å². The van der Waals surface area contributed by atoms with Crippen molar-refractivity contribution in [2.45, 2.75) is 25.4 Å². The predicted octanol–water partition coefficient (Wildman–Crippen LogP) is 2.34. The molecule has 2 nitrogen and oxygen atoms in total. The van der Waals surface area contributed by atoms with Gasteiger partial charge >= 0.3 is 0 Å². The molecule has 1 fully saturated rings. The molecule has 1 aromatic carbocycles. The van der Waals surface area contributed by atoms with Gasteiger partial charge in [0.1, 0.15) is 0 Å². The van der Waals surface area contributed by atoms with E-state index in [-0.39, 0.29) is 17.9 Å². The number of rotatable bonds is 3. The van der Waals surface area contributed by atoms with Crippen LogP contribution in [0.4, 0.5) is 8.78 Å². The standard InChI is InChI=1S/C11H12F2O2/c1-2-15-8-4-3-7(9(12)10(8)13)11(14)5-6-11/h3-4,14H,2,5-6H2,1H3. The topological polar surface area (TPSA) is 29.5 Å². The third-order valence-corrected chi connectivity index (χ3v) is 2.57. The molecule has 0 atom stereocenters. The lowest BCUT2D eigenvalue weighted by molar-refractivity contribution is 0.145. The van der Waals surface area contributed by atoms with Gasteiger partial charge in [-0.1, -0.05) is 0 Å². The molecular formula is C11H12F2O2. The number of halogens is 2. The monoisotopic (exact) mass is 214 g/mol. The molecule has 15 heavy (non-hydrogen) atoms. The second-order valence-electron chi connectivity index (χ2n) is 3.70. The number of hydrogen-bond donors (Lipinski definition) is 1. The van der Waals surface area contributed by atoms with Gasteiger partial charge in [-0.3, -0.25) is 0 Å². The molecule has 0 heterocycles. The van der Waals surface area contributed by atoms with Crippen LogP contribution >= 0.6 is 0 Å². The van der Waals surface area contributed by atoms with Crippen LogP contribution in [0, 0.1) is 11.6 Å². The van der Waals surface area contributed by atoms with E-state index in [1.54, 1.807) is 6.92 Å². The van der Waals surface area contributed by atoms with Crippen LogP contribution in [0.15, 0.2) is 12.1 Å². The minimum Gasteiger partial charge on any atom is -0.491 e. The van der Waals surface area contributed by atoms with Gasteiger partial charge in [0.25, 0.3) is 0 Å². The molecule has 4 heteroatoms. The van der Waals surface area contributed by atoms with Gasteiger partial charge < -0.3 is 9.84 Å². The first-order chi connectivity index (χ1) is 7.08. The van der Waals surface area contributed by atoms with Crippen molar-refractivity contribution in [3.63, 3.8) is 0 Å². The van der Waals surface area contributed by atoms with E-state index in [0.717, 1.165) is 0 Å². The first kappa shape index (κ1) is 10.4. The van der Waals surface area contributed by atoms with E-state index < -0.39 is 17.2 Å². The van der Waals surface area contributed by atoms with E-state index in [1.807, 2.05) is 0 Å². The zero-order valence-electron chi connectivity index (χ0n) is 8.39. The molecule has 1 aliphatic rings. The van der Waals surface area contributed by atoms with Crippen LogP contribution in [0.5, 0.6) is 5.75 Å². The largest absolute Gasteiger partial charge is 0.491 e. The van der Waals surface area contributed by atoms with Gasteiger partial charge in [0.15, 0.2) is 11.6 Å². The SMILES string of the molecule is CCOc1ccc(C2(O)CC2)c(F)c1F. The first-order valence-electron chi connectivity index (χ1n) is 4.92. The van der Waals surface area contributed by atoms with Crippen LogP contribution < -0.4 is 4.74 Å². The van der Waals surface area contributed by atoms with Crippen LogP contribution in [0.2, 0.25) is 0 Å². The maximum absolute atomic E-state index is 13.5. The molecule has 0 aliphatic heterocycles. The molecule has 0 saturated heterocycles. The molecule has 0 amide bonds. The van der Waals surface area contributed by atoms with Crippen LogP contribution in [-0.4, -0.2) is 11.7 Å². The zero-order chi connectivity index (χ0) is 11.1. The van der Waals surface area contributed by atoms with Gasteiger partial charge in [-0.15, -0.1) is 0 Å². The molecule has 1 N–H and O–H groups in total. The second-order valence-corrected chi connectivity index (χ2v) is 3.70. The van der Waals surface area contributed by atoms with Crippen molar-refractivity contribution in [2.75, 3.05) is 6.61 Å². The molecule has 0 aromatic heterocycles. The summed E-state index contributed by atoms with van der Waals surface area (Å²) in [4.78, 5) is 0. The van der Waals surface area contributed by atoms with Crippen molar-refractivity contribution in [1.29, 1.82) is 0 Å². The van der Waals surface area contributed by atoms with Crippen LogP contribution in [0.25, 0.3) is 0 Å².